The Morgan fingerprint density at radius 2 is 0.711 bits per heavy atom. The molecule has 0 aliphatic carbocycles. The summed E-state index contributed by atoms with van der Waals surface area (Å²) in [7, 11) is -2.96. The fraction of sp³-hybridized carbons (Fsp3) is 0. The van der Waals surface area contributed by atoms with E-state index in [1.54, 1.807) is 0 Å². The monoisotopic (exact) mass is 590 g/mol. The third kappa shape index (κ3) is 3.33. The smallest absolute Gasteiger partial charge is 0.180 e. The van der Waals surface area contributed by atoms with Crippen LogP contribution in [0.2, 0.25) is 0 Å². The molecule has 3 heteroatoms. The van der Waals surface area contributed by atoms with Crippen LogP contribution in [0.25, 0.3) is 66.1 Å². The van der Waals surface area contributed by atoms with Gasteiger partial charge in [0.15, 0.2) is 8.07 Å². The lowest BCUT2D eigenvalue weighted by atomic mass is 9.93. The zero-order chi connectivity index (χ0) is 29.5. The molecule has 0 fully saturated rings. The molecule has 0 atom stereocenters. The van der Waals surface area contributed by atoms with E-state index in [0.29, 0.717) is 0 Å². The molecule has 2 nitrogen and oxygen atoms in total. The summed E-state index contributed by atoms with van der Waals surface area (Å²) in [5.41, 5.74) is 8.56. The van der Waals surface area contributed by atoms with Crippen molar-refractivity contribution < 1.29 is 8.83 Å². The maximum Gasteiger partial charge on any atom is 0.180 e. The van der Waals surface area contributed by atoms with Gasteiger partial charge in [-0.15, -0.1) is 0 Å². The number of para-hydroxylation sites is 2. The number of rotatable bonds is 2. The summed E-state index contributed by atoms with van der Waals surface area (Å²) in [5.74, 6) is 0. The molecule has 210 valence electrons. The number of hydrogen-bond acceptors (Lipinski definition) is 2. The van der Waals surface area contributed by atoms with Gasteiger partial charge in [-0.25, -0.2) is 0 Å². The Hall–Kier alpha value is -5.64. The van der Waals surface area contributed by atoms with Gasteiger partial charge in [0.2, 0.25) is 0 Å². The van der Waals surface area contributed by atoms with E-state index in [1.165, 1.54) is 43.0 Å². The van der Waals surface area contributed by atoms with Crippen molar-refractivity contribution in [3.05, 3.63) is 158 Å². The van der Waals surface area contributed by atoms with Crippen molar-refractivity contribution >= 4 is 72.7 Å². The van der Waals surface area contributed by atoms with E-state index in [1.807, 2.05) is 0 Å². The second-order valence-corrected chi connectivity index (χ2v) is 15.7. The first kappa shape index (κ1) is 24.8. The van der Waals surface area contributed by atoms with Crippen molar-refractivity contribution in [3.63, 3.8) is 0 Å². The lowest BCUT2D eigenvalue weighted by molar-refractivity contribution is 0.668. The maximum absolute atomic E-state index is 6.53. The minimum absolute atomic E-state index is 0.916. The largest absolute Gasteiger partial charge is 0.456 e. The minimum Gasteiger partial charge on any atom is -0.456 e. The lowest BCUT2D eigenvalue weighted by Crippen LogP contribution is -2.75. The summed E-state index contributed by atoms with van der Waals surface area (Å²) in [5, 5.41) is 10.1. The van der Waals surface area contributed by atoms with E-state index in [9.17, 15) is 0 Å². The van der Waals surface area contributed by atoms with E-state index in [4.69, 9.17) is 8.83 Å². The first-order valence-electron chi connectivity index (χ1n) is 15.4. The maximum atomic E-state index is 6.53. The van der Waals surface area contributed by atoms with Crippen LogP contribution in [-0.2, 0) is 0 Å². The van der Waals surface area contributed by atoms with Crippen LogP contribution in [0.4, 0.5) is 0 Å². The van der Waals surface area contributed by atoms with Gasteiger partial charge in [0, 0.05) is 21.5 Å². The van der Waals surface area contributed by atoms with Crippen LogP contribution in [0.3, 0.4) is 0 Å². The van der Waals surface area contributed by atoms with Crippen LogP contribution >= 0.6 is 0 Å². The predicted molar refractivity (Wildman–Crippen MR) is 189 cm³/mol. The van der Waals surface area contributed by atoms with Crippen molar-refractivity contribution in [2.24, 2.45) is 0 Å². The third-order valence-electron chi connectivity index (χ3n) is 9.76. The Labute approximate surface area is 260 Å². The zero-order valence-electron chi connectivity index (χ0n) is 24.3. The van der Waals surface area contributed by atoms with Crippen LogP contribution in [0, 0.1) is 0 Å². The van der Waals surface area contributed by atoms with Gasteiger partial charge in [0.25, 0.3) is 0 Å². The highest BCUT2D eigenvalue weighted by atomic mass is 28.3. The molecule has 0 saturated heterocycles. The van der Waals surface area contributed by atoms with E-state index in [-0.39, 0.29) is 0 Å². The van der Waals surface area contributed by atoms with Crippen LogP contribution in [0.15, 0.2) is 167 Å². The van der Waals surface area contributed by atoms with Gasteiger partial charge < -0.3 is 8.83 Å². The number of fused-ring (bicyclic) bond motifs is 11. The molecule has 1 aliphatic heterocycles. The first-order valence-corrected chi connectivity index (χ1v) is 17.4. The standard InChI is InChI=1S/C42H26O2Si/c1-3-13-27(14-4-1)45(28-15-5-2-6-16-28)41-25-33-31-19-9-11-21-37(31)43-39(33)23-35(41)29-17-7-8-18-30(29)36-24-40-34(26-42(36)45)32-20-10-12-22-38(32)44-40/h1-26H. The van der Waals surface area contributed by atoms with Crippen molar-refractivity contribution in [1.82, 2.24) is 0 Å². The van der Waals surface area contributed by atoms with Gasteiger partial charge in [-0.05, 0) is 79.4 Å². The molecule has 0 amide bonds. The summed E-state index contributed by atoms with van der Waals surface area (Å²) in [6.45, 7) is 0. The van der Waals surface area contributed by atoms with Gasteiger partial charge in [0.05, 0.1) is 0 Å². The topological polar surface area (TPSA) is 26.3 Å². The summed E-state index contributed by atoms with van der Waals surface area (Å²) in [4.78, 5) is 0. The Kier molecular flexibility index (Phi) is 5.05. The average molecular weight is 591 g/mol. The predicted octanol–water partition coefficient (Wildman–Crippen LogP) is 8.51. The number of benzene rings is 7. The number of hydrogen-bond donors (Lipinski definition) is 0. The highest BCUT2D eigenvalue weighted by Gasteiger charge is 2.47. The molecule has 0 radical (unpaired) electrons. The Morgan fingerprint density at radius 3 is 1.18 bits per heavy atom. The van der Waals surface area contributed by atoms with Gasteiger partial charge in [0.1, 0.15) is 22.3 Å². The summed E-state index contributed by atoms with van der Waals surface area (Å²) < 4.78 is 13.1. The van der Waals surface area contributed by atoms with Crippen molar-refractivity contribution in [1.29, 1.82) is 0 Å². The molecule has 0 N–H and O–H groups in total. The molecule has 0 unspecified atom stereocenters. The highest BCUT2D eigenvalue weighted by molar-refractivity contribution is 7.21. The second kappa shape index (κ2) is 9.18. The Morgan fingerprint density at radius 1 is 0.311 bits per heavy atom. The SMILES string of the molecule is c1ccc([Si]2(c3ccccc3)c3cc4c(cc3-c3ccccc3-c3cc5oc6ccccc6c5cc32)oc2ccccc24)cc1. The van der Waals surface area contributed by atoms with Gasteiger partial charge in [-0.3, -0.25) is 0 Å². The molecule has 0 saturated carbocycles. The summed E-state index contributed by atoms with van der Waals surface area (Å²) in [6, 6.07) is 57.7. The third-order valence-corrected chi connectivity index (χ3v) is 14.6. The zero-order valence-corrected chi connectivity index (χ0v) is 25.3. The van der Waals surface area contributed by atoms with Gasteiger partial charge in [-0.2, -0.15) is 0 Å². The summed E-state index contributed by atoms with van der Waals surface area (Å²) in [6.07, 6.45) is 0. The molecule has 7 aromatic carbocycles. The fourth-order valence-corrected chi connectivity index (χ4v) is 13.1. The van der Waals surface area contributed by atoms with Gasteiger partial charge >= 0.3 is 0 Å². The quantitative estimate of drug-likeness (QED) is 0.189. The first-order chi connectivity index (χ1) is 22.3. The van der Waals surface area contributed by atoms with E-state index < -0.39 is 8.07 Å². The van der Waals surface area contributed by atoms with Crippen LogP contribution < -0.4 is 20.7 Å². The minimum atomic E-state index is -2.96. The van der Waals surface area contributed by atoms with Crippen molar-refractivity contribution in [3.8, 4) is 22.3 Å². The molecule has 45 heavy (non-hydrogen) atoms. The van der Waals surface area contributed by atoms with E-state index in [0.717, 1.165) is 43.9 Å². The average Bonchev–Trinajstić information content (AvgIpc) is 3.63. The molecule has 1 aliphatic rings. The Bertz CT molecular complexity index is 2410. The molecule has 0 bridgehead atoms. The molecular weight excluding hydrogens is 565 g/mol. The van der Waals surface area contributed by atoms with Crippen LogP contribution in [0.5, 0.6) is 0 Å². The molecular formula is C42H26O2Si. The van der Waals surface area contributed by atoms with E-state index in [2.05, 4.69) is 158 Å². The highest BCUT2D eigenvalue weighted by Crippen LogP contribution is 2.41. The van der Waals surface area contributed by atoms with E-state index >= 15 is 0 Å². The molecule has 0 spiro atoms. The lowest BCUT2D eigenvalue weighted by Gasteiger charge is -2.36. The molecule has 2 aromatic heterocycles. The van der Waals surface area contributed by atoms with Crippen molar-refractivity contribution in [2.45, 2.75) is 0 Å². The fourth-order valence-electron chi connectivity index (χ4n) is 7.87. The second-order valence-electron chi connectivity index (χ2n) is 12.0. The van der Waals surface area contributed by atoms with Crippen LogP contribution in [-0.4, -0.2) is 8.07 Å². The molecule has 10 rings (SSSR count). The van der Waals surface area contributed by atoms with Crippen LogP contribution in [0.1, 0.15) is 0 Å². The summed E-state index contributed by atoms with van der Waals surface area (Å²) >= 11 is 0. The van der Waals surface area contributed by atoms with Crippen molar-refractivity contribution in [2.75, 3.05) is 0 Å². The molecule has 9 aromatic rings. The van der Waals surface area contributed by atoms with Gasteiger partial charge in [-0.1, -0.05) is 121 Å². The normalized spacial score (nSPS) is 13.5. The Balaban J connectivity index is 1.49. The number of furan rings is 2. The molecule has 3 heterocycles.